The molecule has 19 heavy (non-hydrogen) atoms. The molecule has 1 heterocycles. The van der Waals surface area contributed by atoms with Crippen LogP contribution in [0.15, 0.2) is 22.1 Å². The Labute approximate surface area is 118 Å². The molecule has 0 saturated carbocycles. The van der Waals surface area contributed by atoms with E-state index in [4.69, 9.17) is 9.15 Å². The molecule has 0 aliphatic rings. The number of rotatable bonds is 8. The summed E-state index contributed by atoms with van der Waals surface area (Å²) in [5.41, 5.74) is -0.677. The van der Waals surface area contributed by atoms with Gasteiger partial charge in [-0.15, -0.1) is 0 Å². The lowest BCUT2D eigenvalue weighted by atomic mass is 9.98. The third-order valence-corrected chi connectivity index (χ3v) is 3.43. The molecule has 0 aromatic carbocycles. The zero-order valence-corrected chi connectivity index (χ0v) is 12.8. The first kappa shape index (κ1) is 16.0. The van der Waals surface area contributed by atoms with Crippen molar-refractivity contribution in [2.45, 2.75) is 50.9 Å². The summed E-state index contributed by atoms with van der Waals surface area (Å²) in [6.45, 7) is 8.11. The van der Waals surface area contributed by atoms with E-state index < -0.39 is 5.54 Å². The Bertz CT molecular complexity index is 381. The number of carbonyl (C=O) groups excluding carboxylic acids is 1. The van der Waals surface area contributed by atoms with Crippen LogP contribution in [-0.2, 0) is 9.53 Å². The van der Waals surface area contributed by atoms with E-state index >= 15 is 0 Å². The molecule has 0 saturated heterocycles. The van der Waals surface area contributed by atoms with Crippen LogP contribution < -0.4 is 5.32 Å². The highest BCUT2D eigenvalue weighted by Crippen LogP contribution is 2.21. The van der Waals surface area contributed by atoms with Gasteiger partial charge in [-0.2, -0.15) is 0 Å². The smallest absolute Gasteiger partial charge is 0.326 e. The highest BCUT2D eigenvalue weighted by Gasteiger charge is 2.34. The van der Waals surface area contributed by atoms with Crippen molar-refractivity contribution >= 4 is 17.7 Å². The number of esters is 1. The minimum absolute atomic E-state index is 0.209. The molecular weight excluding hydrogens is 264 g/mol. The fourth-order valence-electron chi connectivity index (χ4n) is 1.78. The summed E-state index contributed by atoms with van der Waals surface area (Å²) in [5.74, 6) is 0.520. The number of ether oxygens (including phenoxy) is 1. The van der Waals surface area contributed by atoms with Crippen LogP contribution in [0.4, 0.5) is 0 Å². The largest absolute Gasteiger partial charge is 0.465 e. The van der Waals surface area contributed by atoms with Gasteiger partial charge in [-0.05, 0) is 34.1 Å². The van der Waals surface area contributed by atoms with Gasteiger partial charge in [-0.3, -0.25) is 10.1 Å². The maximum Gasteiger partial charge on any atom is 0.326 e. The van der Waals surface area contributed by atoms with Gasteiger partial charge in [0.1, 0.15) is 11.8 Å². The van der Waals surface area contributed by atoms with E-state index in [1.807, 2.05) is 27.7 Å². The third-order valence-electron chi connectivity index (χ3n) is 2.57. The quantitative estimate of drug-likeness (QED) is 0.585. The van der Waals surface area contributed by atoms with Gasteiger partial charge in [-0.1, -0.05) is 11.8 Å². The van der Waals surface area contributed by atoms with Crippen molar-refractivity contribution in [3.8, 4) is 0 Å². The highest BCUT2D eigenvalue weighted by molar-refractivity contribution is 7.99. The molecule has 108 valence electrons. The first-order chi connectivity index (χ1) is 8.98. The molecule has 0 fully saturated rings. The lowest BCUT2D eigenvalue weighted by Gasteiger charge is -2.30. The van der Waals surface area contributed by atoms with E-state index in [9.17, 15) is 4.79 Å². The van der Waals surface area contributed by atoms with E-state index in [2.05, 4.69) is 10.3 Å². The maximum absolute atomic E-state index is 12.1. The van der Waals surface area contributed by atoms with Crippen molar-refractivity contribution in [3.63, 3.8) is 0 Å². The summed E-state index contributed by atoms with van der Waals surface area (Å²) in [6, 6.07) is 0.209. The van der Waals surface area contributed by atoms with E-state index in [1.165, 1.54) is 11.8 Å². The Morgan fingerprint density at radius 1 is 1.63 bits per heavy atom. The summed E-state index contributed by atoms with van der Waals surface area (Å²) < 4.78 is 10.3. The number of hydrogen-bond acceptors (Lipinski definition) is 6. The van der Waals surface area contributed by atoms with Gasteiger partial charge < -0.3 is 9.15 Å². The molecule has 1 aromatic heterocycles. The molecule has 6 heteroatoms. The predicted octanol–water partition coefficient (Wildman–Crippen LogP) is 2.48. The molecule has 0 amide bonds. The lowest BCUT2D eigenvalue weighted by Crippen LogP contribution is -2.53. The first-order valence-corrected chi connectivity index (χ1v) is 7.43. The van der Waals surface area contributed by atoms with Gasteiger partial charge in [0.25, 0.3) is 5.22 Å². The average Bonchev–Trinajstić information content (AvgIpc) is 2.81. The van der Waals surface area contributed by atoms with Gasteiger partial charge >= 0.3 is 5.97 Å². The molecule has 0 radical (unpaired) electrons. The zero-order chi connectivity index (χ0) is 14.3. The molecule has 5 nitrogen and oxygen atoms in total. The molecule has 0 aliphatic heterocycles. The summed E-state index contributed by atoms with van der Waals surface area (Å²) in [6.07, 6.45) is 3.80. The Morgan fingerprint density at radius 3 is 2.89 bits per heavy atom. The van der Waals surface area contributed by atoms with E-state index in [-0.39, 0.29) is 12.0 Å². The summed E-state index contributed by atoms with van der Waals surface area (Å²) in [4.78, 5) is 16.1. The van der Waals surface area contributed by atoms with Gasteiger partial charge in [0.15, 0.2) is 0 Å². The Balaban J connectivity index is 2.55. The van der Waals surface area contributed by atoms with Crippen LogP contribution in [0.3, 0.4) is 0 Å². The van der Waals surface area contributed by atoms with E-state index in [1.54, 1.807) is 12.5 Å². The number of nitrogens with one attached hydrogen (secondary N) is 1. The van der Waals surface area contributed by atoms with E-state index in [0.29, 0.717) is 18.3 Å². The molecule has 1 rings (SSSR count). The molecule has 1 aromatic rings. The normalized spacial score (nSPS) is 14.4. The van der Waals surface area contributed by atoms with Crippen LogP contribution in [-0.4, -0.2) is 34.9 Å². The van der Waals surface area contributed by atoms with Crippen LogP contribution in [0.2, 0.25) is 0 Å². The van der Waals surface area contributed by atoms with Crippen molar-refractivity contribution in [2.24, 2.45) is 0 Å². The Morgan fingerprint density at radius 2 is 2.37 bits per heavy atom. The van der Waals surface area contributed by atoms with Crippen LogP contribution in [0.25, 0.3) is 0 Å². The van der Waals surface area contributed by atoms with Crippen molar-refractivity contribution in [3.05, 3.63) is 12.5 Å². The second kappa shape index (κ2) is 7.55. The minimum Gasteiger partial charge on any atom is -0.465 e. The second-order valence-corrected chi connectivity index (χ2v) is 5.79. The fourth-order valence-corrected chi connectivity index (χ4v) is 2.73. The molecule has 1 unspecified atom stereocenters. The number of carbonyl (C=O) groups is 1. The zero-order valence-electron chi connectivity index (χ0n) is 11.9. The maximum atomic E-state index is 12.1. The monoisotopic (exact) mass is 286 g/mol. The van der Waals surface area contributed by atoms with Gasteiger partial charge in [0, 0.05) is 11.8 Å². The van der Waals surface area contributed by atoms with Crippen LogP contribution in [0, 0.1) is 0 Å². The molecule has 0 aliphatic carbocycles. The standard InChI is InChI=1S/C13H22N2O3S/c1-5-17-11(16)13(4,15-10(2)3)6-9-19-12-14-7-8-18-12/h7-8,10,15H,5-6,9H2,1-4H3. The minimum atomic E-state index is -0.677. The van der Waals surface area contributed by atoms with Crippen LogP contribution in [0.1, 0.15) is 34.1 Å². The fraction of sp³-hybridized carbons (Fsp3) is 0.692. The topological polar surface area (TPSA) is 64.4 Å². The number of oxazole rings is 1. The summed E-state index contributed by atoms with van der Waals surface area (Å²) >= 11 is 1.49. The van der Waals surface area contributed by atoms with Crippen molar-refractivity contribution < 1.29 is 13.9 Å². The number of nitrogens with zero attached hydrogens (tertiary/aromatic N) is 1. The number of aromatic nitrogens is 1. The molecular formula is C13H22N2O3S. The van der Waals surface area contributed by atoms with Crippen molar-refractivity contribution in [1.82, 2.24) is 10.3 Å². The van der Waals surface area contributed by atoms with Gasteiger partial charge in [0.2, 0.25) is 0 Å². The predicted molar refractivity (Wildman–Crippen MR) is 75.2 cm³/mol. The molecule has 0 spiro atoms. The van der Waals surface area contributed by atoms with E-state index in [0.717, 1.165) is 5.75 Å². The van der Waals surface area contributed by atoms with Gasteiger partial charge in [-0.25, -0.2) is 4.98 Å². The lowest BCUT2D eigenvalue weighted by molar-refractivity contribution is -0.150. The Hall–Kier alpha value is -1.01. The summed E-state index contributed by atoms with van der Waals surface area (Å²) in [5, 5.41) is 3.90. The average molecular weight is 286 g/mol. The van der Waals surface area contributed by atoms with Gasteiger partial charge in [0.05, 0.1) is 12.8 Å². The Kier molecular flexibility index (Phi) is 6.37. The van der Waals surface area contributed by atoms with Crippen LogP contribution in [0.5, 0.6) is 0 Å². The summed E-state index contributed by atoms with van der Waals surface area (Å²) in [7, 11) is 0. The molecule has 1 N–H and O–H groups in total. The van der Waals surface area contributed by atoms with Crippen molar-refractivity contribution in [1.29, 1.82) is 0 Å². The molecule has 0 bridgehead atoms. The first-order valence-electron chi connectivity index (χ1n) is 6.45. The van der Waals surface area contributed by atoms with Crippen molar-refractivity contribution in [2.75, 3.05) is 12.4 Å². The van der Waals surface area contributed by atoms with Crippen LogP contribution >= 0.6 is 11.8 Å². The molecule has 1 atom stereocenters. The number of thioether (sulfide) groups is 1. The third kappa shape index (κ3) is 5.24. The second-order valence-electron chi connectivity index (χ2n) is 4.75. The highest BCUT2D eigenvalue weighted by atomic mass is 32.2. The number of hydrogen-bond donors (Lipinski definition) is 1. The SMILES string of the molecule is CCOC(=O)C(C)(CCSc1ncco1)NC(C)C.